The summed E-state index contributed by atoms with van der Waals surface area (Å²) in [6.45, 7) is 6.77. The molecule has 0 aliphatic carbocycles. The number of ether oxygens (including phenoxy) is 6. The smallest absolute Gasteiger partial charge is 0.248 e. The van der Waals surface area contributed by atoms with Crippen molar-refractivity contribution in [2.45, 2.75) is 102 Å². The lowest BCUT2D eigenvalue weighted by Gasteiger charge is -2.29. The van der Waals surface area contributed by atoms with Crippen LogP contribution in [0.5, 0.6) is 34.5 Å². The lowest BCUT2D eigenvalue weighted by atomic mass is 9.77. The number of nitriles is 1. The molecule has 2 aromatic rings. The summed E-state index contributed by atoms with van der Waals surface area (Å²) < 4.78 is 35.2. The van der Waals surface area contributed by atoms with E-state index in [0.717, 1.165) is 38.5 Å². The molecule has 11 nitrogen and oxygen atoms in total. The van der Waals surface area contributed by atoms with Gasteiger partial charge in [-0.05, 0) is 50.8 Å². The molecule has 1 heterocycles. The number of benzene rings is 2. The van der Waals surface area contributed by atoms with Gasteiger partial charge in [0.2, 0.25) is 23.8 Å². The predicted octanol–water partition coefficient (Wildman–Crippen LogP) is 6.60. The summed E-state index contributed by atoms with van der Waals surface area (Å²) in [4.78, 5) is 11.5. The fourth-order valence-corrected chi connectivity index (χ4v) is 5.21. The summed E-state index contributed by atoms with van der Waals surface area (Å²) in [6, 6.07) is 9.75. The minimum Gasteiger partial charge on any atom is -0.490 e. The largest absolute Gasteiger partial charge is 0.490 e. The summed E-state index contributed by atoms with van der Waals surface area (Å²) in [5, 5.41) is 33.6. The number of rotatable bonds is 20. The second kappa shape index (κ2) is 16.8. The van der Waals surface area contributed by atoms with Crippen LogP contribution in [0, 0.1) is 21.4 Å². The molecule has 0 bridgehead atoms. The Morgan fingerprint density at radius 2 is 1.59 bits per heavy atom. The Kier molecular flexibility index (Phi) is 13.2. The van der Waals surface area contributed by atoms with Gasteiger partial charge in [-0.1, -0.05) is 51.7 Å². The average Bonchev–Trinajstić information content (AvgIpc) is 3.45. The maximum absolute atomic E-state index is 12.0. The number of nitrogens with zero attached hydrogens (tertiary/aromatic N) is 2. The molecule has 0 fully saturated rings. The highest BCUT2D eigenvalue weighted by molar-refractivity contribution is 5.65. The van der Waals surface area contributed by atoms with Crippen LogP contribution < -0.4 is 28.4 Å². The van der Waals surface area contributed by atoms with Crippen LogP contribution in [0.1, 0.15) is 84.1 Å². The number of aliphatic hydroxyl groups is 1. The molecule has 44 heavy (non-hydrogen) atoms. The SMILES string of the molecule is CCCCCOc1cc(C(C)(C#N)CCC(O)C(CC2Oc3ccccc3O2)[N+](=O)[O-])c(OCCCCC)c(OC)c1OC. The molecule has 0 aromatic heterocycles. The zero-order chi connectivity index (χ0) is 32.1. The van der Waals surface area contributed by atoms with Gasteiger partial charge < -0.3 is 33.5 Å². The van der Waals surface area contributed by atoms with Crippen LogP contribution in [0.2, 0.25) is 0 Å². The first-order chi connectivity index (χ1) is 21.2. The molecule has 1 aliphatic rings. The normalized spacial score (nSPS) is 15.1. The number of fused-ring (bicyclic) bond motifs is 1. The van der Waals surface area contributed by atoms with Gasteiger partial charge in [0.05, 0.1) is 45.3 Å². The first-order valence-corrected chi connectivity index (χ1v) is 15.4. The van der Waals surface area contributed by atoms with Gasteiger partial charge in [0, 0.05) is 10.5 Å². The highest BCUT2D eigenvalue weighted by Gasteiger charge is 2.40. The predicted molar refractivity (Wildman–Crippen MR) is 165 cm³/mol. The fourth-order valence-electron chi connectivity index (χ4n) is 5.21. The highest BCUT2D eigenvalue weighted by atomic mass is 16.7. The standard InChI is InChI=1S/C33H46N2O9/c1-6-8-12-18-41-28-20-23(30(42-19-13-9-7-2)32(40-5)31(28)39-4)33(3,22-34)17-16-25(36)24(35(37)38)21-29-43-26-14-10-11-15-27(26)44-29/h10-11,14-15,20,24-25,29,36H,6-9,12-13,16-19,21H2,1-5H3. The molecule has 1 aliphatic heterocycles. The Hall–Kier alpha value is -3.91. The minimum atomic E-state index is -1.37. The molecule has 0 amide bonds. The monoisotopic (exact) mass is 614 g/mol. The topological polar surface area (TPSA) is 143 Å². The Morgan fingerprint density at radius 1 is 1.00 bits per heavy atom. The molecule has 3 unspecified atom stereocenters. The third kappa shape index (κ3) is 8.59. The molecule has 3 atom stereocenters. The van der Waals surface area contributed by atoms with E-state index in [-0.39, 0.29) is 19.3 Å². The van der Waals surface area contributed by atoms with Gasteiger partial charge in [-0.15, -0.1) is 0 Å². The van der Waals surface area contributed by atoms with Gasteiger partial charge in [0.1, 0.15) is 6.10 Å². The first-order valence-electron chi connectivity index (χ1n) is 15.4. The summed E-state index contributed by atoms with van der Waals surface area (Å²) in [7, 11) is 3.02. The molecule has 11 heteroatoms. The number of methoxy groups -OCH3 is 2. The Morgan fingerprint density at radius 3 is 2.11 bits per heavy atom. The van der Waals surface area contributed by atoms with E-state index in [2.05, 4.69) is 19.9 Å². The van der Waals surface area contributed by atoms with Crippen molar-refractivity contribution >= 4 is 0 Å². The van der Waals surface area contributed by atoms with Gasteiger partial charge in [-0.3, -0.25) is 10.1 Å². The Bertz CT molecular complexity index is 1240. The summed E-state index contributed by atoms with van der Waals surface area (Å²) in [5.74, 6) is 2.45. The zero-order valence-electron chi connectivity index (χ0n) is 26.5. The quantitative estimate of drug-likeness (QED) is 0.0985. The highest BCUT2D eigenvalue weighted by Crippen LogP contribution is 2.51. The van der Waals surface area contributed by atoms with E-state index in [4.69, 9.17) is 28.4 Å². The van der Waals surface area contributed by atoms with Crippen LogP contribution in [0.3, 0.4) is 0 Å². The van der Waals surface area contributed by atoms with E-state index in [9.17, 15) is 20.5 Å². The van der Waals surface area contributed by atoms with E-state index >= 15 is 0 Å². The van der Waals surface area contributed by atoms with E-state index in [1.54, 1.807) is 37.3 Å². The van der Waals surface area contributed by atoms with Crippen molar-refractivity contribution < 1.29 is 38.5 Å². The van der Waals surface area contributed by atoms with E-state index in [0.29, 0.717) is 53.3 Å². The number of nitro groups is 1. The Balaban J connectivity index is 1.88. The molecular formula is C33H46N2O9. The summed E-state index contributed by atoms with van der Waals surface area (Å²) >= 11 is 0. The number of unbranched alkanes of at least 4 members (excludes halogenated alkanes) is 4. The molecular weight excluding hydrogens is 568 g/mol. The molecule has 0 radical (unpaired) electrons. The van der Waals surface area contributed by atoms with E-state index in [1.807, 2.05) is 0 Å². The van der Waals surface area contributed by atoms with Crippen molar-refractivity contribution in [1.82, 2.24) is 0 Å². The maximum atomic E-state index is 12.0. The molecule has 0 saturated heterocycles. The summed E-state index contributed by atoms with van der Waals surface area (Å²) in [6.07, 6.45) is 3.28. The maximum Gasteiger partial charge on any atom is 0.248 e. The van der Waals surface area contributed by atoms with E-state index in [1.165, 1.54) is 14.2 Å². The molecule has 1 N–H and O–H groups in total. The van der Waals surface area contributed by atoms with Gasteiger partial charge in [-0.2, -0.15) is 5.26 Å². The van der Waals surface area contributed by atoms with Crippen LogP contribution in [0.4, 0.5) is 0 Å². The van der Waals surface area contributed by atoms with Gasteiger partial charge in [-0.25, -0.2) is 0 Å². The van der Waals surface area contributed by atoms with Crippen LogP contribution in [-0.2, 0) is 5.41 Å². The lowest BCUT2D eigenvalue weighted by Crippen LogP contribution is -2.39. The van der Waals surface area contributed by atoms with Gasteiger partial charge in [0.15, 0.2) is 23.0 Å². The van der Waals surface area contributed by atoms with Crippen LogP contribution >= 0.6 is 0 Å². The number of hydrogen-bond acceptors (Lipinski definition) is 10. The number of aliphatic hydroxyl groups excluding tert-OH is 1. The van der Waals surface area contributed by atoms with Crippen LogP contribution in [-0.4, -0.2) is 55.9 Å². The Labute approximate surface area is 260 Å². The van der Waals surface area contributed by atoms with Gasteiger partial charge in [0.25, 0.3) is 0 Å². The molecule has 0 saturated carbocycles. The van der Waals surface area contributed by atoms with Crippen molar-refractivity contribution in [2.24, 2.45) is 0 Å². The van der Waals surface area contributed by atoms with Crippen molar-refractivity contribution in [3.63, 3.8) is 0 Å². The van der Waals surface area contributed by atoms with Crippen molar-refractivity contribution in [2.75, 3.05) is 27.4 Å². The van der Waals surface area contributed by atoms with E-state index < -0.39 is 28.8 Å². The molecule has 3 rings (SSSR count). The van der Waals surface area contributed by atoms with Crippen LogP contribution in [0.15, 0.2) is 30.3 Å². The van der Waals surface area contributed by atoms with Crippen molar-refractivity contribution in [1.29, 1.82) is 5.26 Å². The second-order valence-corrected chi connectivity index (χ2v) is 11.2. The van der Waals surface area contributed by atoms with Crippen LogP contribution in [0.25, 0.3) is 0 Å². The molecule has 0 spiro atoms. The van der Waals surface area contributed by atoms with Crippen molar-refractivity contribution in [3.05, 3.63) is 46.0 Å². The zero-order valence-corrected chi connectivity index (χ0v) is 26.5. The lowest BCUT2D eigenvalue weighted by molar-refractivity contribution is -0.538. The first kappa shape index (κ1) is 34.6. The molecule has 242 valence electrons. The third-order valence-corrected chi connectivity index (χ3v) is 7.86. The summed E-state index contributed by atoms with van der Waals surface area (Å²) in [5.41, 5.74) is -0.720. The average molecular weight is 615 g/mol. The minimum absolute atomic E-state index is 0.0360. The fraction of sp³-hybridized carbons (Fsp3) is 0.606. The number of hydrogen-bond donors (Lipinski definition) is 1. The number of para-hydroxylation sites is 2. The van der Waals surface area contributed by atoms with Gasteiger partial charge >= 0.3 is 0 Å². The second-order valence-electron chi connectivity index (χ2n) is 11.2. The molecule has 2 aromatic carbocycles. The van der Waals surface area contributed by atoms with Crippen molar-refractivity contribution in [3.8, 4) is 40.6 Å². The third-order valence-electron chi connectivity index (χ3n) is 7.86.